The quantitative estimate of drug-likeness (QED) is 0.856. The van der Waals surface area contributed by atoms with Gasteiger partial charge in [0.25, 0.3) is 5.91 Å². The van der Waals surface area contributed by atoms with Crippen molar-refractivity contribution in [2.24, 2.45) is 0 Å². The first kappa shape index (κ1) is 15.7. The minimum atomic E-state index is -0.824. The van der Waals surface area contributed by atoms with Crippen LogP contribution in [0.5, 0.6) is 0 Å². The summed E-state index contributed by atoms with van der Waals surface area (Å²) in [5.74, 6) is -0.198. The summed E-state index contributed by atoms with van der Waals surface area (Å²) in [4.78, 5) is 12.0. The predicted molar refractivity (Wildman–Crippen MR) is 75.1 cm³/mol. The van der Waals surface area contributed by atoms with Crippen LogP contribution in [0.1, 0.15) is 57.8 Å². The molecule has 0 fully saturated rings. The van der Waals surface area contributed by atoms with E-state index in [1.807, 2.05) is 34.6 Å². The van der Waals surface area contributed by atoms with Gasteiger partial charge in [0.1, 0.15) is 0 Å². The van der Waals surface area contributed by atoms with Crippen molar-refractivity contribution in [2.75, 3.05) is 6.54 Å². The second-order valence-corrected chi connectivity index (χ2v) is 5.96. The van der Waals surface area contributed by atoms with Crippen LogP contribution in [0, 0.1) is 0 Å². The molecule has 1 aromatic heterocycles. The lowest BCUT2D eigenvalue weighted by Crippen LogP contribution is -2.42. The summed E-state index contributed by atoms with van der Waals surface area (Å²) in [6.45, 7) is 10.2. The van der Waals surface area contributed by atoms with Gasteiger partial charge < -0.3 is 10.4 Å². The lowest BCUT2D eigenvalue weighted by molar-refractivity contribution is 0.0314. The molecule has 0 spiro atoms. The Morgan fingerprint density at radius 1 is 1.37 bits per heavy atom. The number of amides is 1. The SMILES string of the molecule is CCC(O)(CC)CNC(=O)c1cnn(C(C)(C)C)c1. The molecule has 1 amide bonds. The number of aliphatic hydroxyl groups is 1. The molecule has 0 atom stereocenters. The lowest BCUT2D eigenvalue weighted by Gasteiger charge is -2.25. The molecule has 0 aliphatic carbocycles. The maximum atomic E-state index is 12.0. The molecular formula is C14H25N3O2. The van der Waals surface area contributed by atoms with Gasteiger partial charge in [-0.15, -0.1) is 0 Å². The maximum absolute atomic E-state index is 12.0. The minimum Gasteiger partial charge on any atom is -0.388 e. The Morgan fingerprint density at radius 3 is 2.37 bits per heavy atom. The molecule has 1 aromatic rings. The summed E-state index contributed by atoms with van der Waals surface area (Å²) >= 11 is 0. The van der Waals surface area contributed by atoms with Gasteiger partial charge in [0, 0.05) is 12.7 Å². The van der Waals surface area contributed by atoms with Crippen molar-refractivity contribution >= 4 is 5.91 Å². The summed E-state index contributed by atoms with van der Waals surface area (Å²) in [5, 5.41) is 17.1. The predicted octanol–water partition coefficient (Wildman–Crippen LogP) is 1.92. The molecular weight excluding hydrogens is 242 g/mol. The van der Waals surface area contributed by atoms with Crippen molar-refractivity contribution in [3.05, 3.63) is 18.0 Å². The molecule has 0 radical (unpaired) electrons. The van der Waals surface area contributed by atoms with E-state index in [4.69, 9.17) is 0 Å². The van der Waals surface area contributed by atoms with Crippen molar-refractivity contribution in [1.29, 1.82) is 0 Å². The second kappa shape index (κ2) is 5.74. The van der Waals surface area contributed by atoms with Crippen molar-refractivity contribution in [2.45, 2.75) is 58.6 Å². The van der Waals surface area contributed by atoms with E-state index < -0.39 is 5.60 Å². The summed E-state index contributed by atoms with van der Waals surface area (Å²) in [5.41, 5.74) is -0.452. The number of hydrogen-bond donors (Lipinski definition) is 2. The van der Waals surface area contributed by atoms with Gasteiger partial charge >= 0.3 is 0 Å². The topological polar surface area (TPSA) is 67.2 Å². The smallest absolute Gasteiger partial charge is 0.254 e. The number of hydrogen-bond acceptors (Lipinski definition) is 3. The van der Waals surface area contributed by atoms with Crippen molar-refractivity contribution in [3.63, 3.8) is 0 Å². The van der Waals surface area contributed by atoms with Crippen LogP contribution in [0.25, 0.3) is 0 Å². The van der Waals surface area contributed by atoms with E-state index in [-0.39, 0.29) is 18.0 Å². The first-order valence-corrected chi connectivity index (χ1v) is 6.77. The van der Waals surface area contributed by atoms with Crippen LogP contribution in [0.4, 0.5) is 0 Å². The summed E-state index contributed by atoms with van der Waals surface area (Å²) in [6.07, 6.45) is 4.51. The largest absolute Gasteiger partial charge is 0.388 e. The molecule has 1 heterocycles. The zero-order valence-corrected chi connectivity index (χ0v) is 12.5. The zero-order valence-electron chi connectivity index (χ0n) is 12.5. The van der Waals surface area contributed by atoms with Crippen LogP contribution in [-0.4, -0.2) is 32.9 Å². The Morgan fingerprint density at radius 2 is 1.95 bits per heavy atom. The van der Waals surface area contributed by atoms with Gasteiger partial charge in [-0.05, 0) is 33.6 Å². The second-order valence-electron chi connectivity index (χ2n) is 5.96. The fourth-order valence-corrected chi connectivity index (χ4v) is 1.65. The average Bonchev–Trinajstić information content (AvgIpc) is 2.85. The van der Waals surface area contributed by atoms with E-state index >= 15 is 0 Å². The number of carbonyl (C=O) groups excluding carboxylic acids is 1. The molecule has 19 heavy (non-hydrogen) atoms. The lowest BCUT2D eigenvalue weighted by atomic mass is 9.97. The van der Waals surface area contributed by atoms with E-state index in [1.54, 1.807) is 17.1 Å². The molecule has 108 valence electrons. The van der Waals surface area contributed by atoms with Crippen molar-refractivity contribution < 1.29 is 9.90 Å². The molecule has 5 nitrogen and oxygen atoms in total. The molecule has 0 aliphatic heterocycles. The van der Waals surface area contributed by atoms with Gasteiger partial charge in [-0.25, -0.2) is 0 Å². The Labute approximate surface area is 115 Å². The van der Waals surface area contributed by atoms with E-state index in [2.05, 4.69) is 10.4 Å². The van der Waals surface area contributed by atoms with Crippen molar-refractivity contribution in [1.82, 2.24) is 15.1 Å². The summed E-state index contributed by atoms with van der Waals surface area (Å²) in [7, 11) is 0. The minimum absolute atomic E-state index is 0.147. The number of nitrogens with zero attached hydrogens (tertiary/aromatic N) is 2. The zero-order chi connectivity index (χ0) is 14.7. The Bertz CT molecular complexity index is 428. The summed E-state index contributed by atoms with van der Waals surface area (Å²) < 4.78 is 1.76. The number of carbonyl (C=O) groups is 1. The molecule has 0 saturated heterocycles. The van der Waals surface area contributed by atoms with Gasteiger partial charge in [0.05, 0.1) is 22.9 Å². The standard InChI is InChI=1S/C14H25N3O2/c1-6-14(19,7-2)10-15-12(18)11-8-16-17(9-11)13(3,4)5/h8-9,19H,6-7,10H2,1-5H3,(H,15,18). The first-order chi connectivity index (χ1) is 8.72. The fourth-order valence-electron chi connectivity index (χ4n) is 1.65. The van der Waals surface area contributed by atoms with Gasteiger partial charge in [-0.1, -0.05) is 13.8 Å². The third-order valence-electron chi connectivity index (χ3n) is 3.43. The van der Waals surface area contributed by atoms with Crippen LogP contribution < -0.4 is 5.32 Å². The third-order valence-corrected chi connectivity index (χ3v) is 3.43. The molecule has 2 N–H and O–H groups in total. The highest BCUT2D eigenvalue weighted by molar-refractivity contribution is 5.93. The summed E-state index contributed by atoms with van der Waals surface area (Å²) in [6, 6.07) is 0. The van der Waals surface area contributed by atoms with Gasteiger partial charge in [-0.2, -0.15) is 5.10 Å². The Hall–Kier alpha value is -1.36. The molecule has 5 heteroatoms. The van der Waals surface area contributed by atoms with Crippen LogP contribution in [0.2, 0.25) is 0 Å². The van der Waals surface area contributed by atoms with Gasteiger partial charge in [-0.3, -0.25) is 9.48 Å². The first-order valence-electron chi connectivity index (χ1n) is 6.77. The number of aromatic nitrogens is 2. The average molecular weight is 267 g/mol. The van der Waals surface area contributed by atoms with E-state index in [9.17, 15) is 9.90 Å². The molecule has 0 aliphatic rings. The Balaban J connectivity index is 2.67. The van der Waals surface area contributed by atoms with E-state index in [0.29, 0.717) is 18.4 Å². The highest BCUT2D eigenvalue weighted by Gasteiger charge is 2.23. The van der Waals surface area contributed by atoms with Crippen LogP contribution >= 0.6 is 0 Å². The monoisotopic (exact) mass is 267 g/mol. The fraction of sp³-hybridized carbons (Fsp3) is 0.714. The van der Waals surface area contributed by atoms with E-state index in [0.717, 1.165) is 0 Å². The highest BCUT2D eigenvalue weighted by Crippen LogP contribution is 2.15. The van der Waals surface area contributed by atoms with E-state index in [1.165, 1.54) is 0 Å². The third kappa shape index (κ3) is 4.06. The van der Waals surface area contributed by atoms with Gasteiger partial charge in [0.2, 0.25) is 0 Å². The van der Waals surface area contributed by atoms with Crippen molar-refractivity contribution in [3.8, 4) is 0 Å². The molecule has 0 aromatic carbocycles. The number of rotatable bonds is 5. The Kier molecular flexibility index (Phi) is 4.74. The molecule has 0 unspecified atom stereocenters. The maximum Gasteiger partial charge on any atom is 0.254 e. The van der Waals surface area contributed by atoms with Crippen LogP contribution in [-0.2, 0) is 5.54 Å². The highest BCUT2D eigenvalue weighted by atomic mass is 16.3. The van der Waals surface area contributed by atoms with Crippen LogP contribution in [0.15, 0.2) is 12.4 Å². The normalized spacial score (nSPS) is 12.5. The van der Waals surface area contributed by atoms with Gasteiger partial charge in [0.15, 0.2) is 0 Å². The molecule has 0 saturated carbocycles. The molecule has 1 rings (SSSR count). The van der Waals surface area contributed by atoms with Crippen LogP contribution in [0.3, 0.4) is 0 Å². The molecule has 0 bridgehead atoms. The number of nitrogens with one attached hydrogen (secondary N) is 1.